The summed E-state index contributed by atoms with van der Waals surface area (Å²) in [6.07, 6.45) is -0.881. The average molecular weight is 302 g/mol. The normalized spacial score (nSPS) is 9.47. The number of carbonyl (C=O) groups is 1. The molecule has 0 unspecified atom stereocenters. The molecule has 0 saturated carbocycles. The highest BCUT2D eigenvalue weighted by molar-refractivity contribution is 9.10. The molecular formula is C10H9BrFN3O2. The van der Waals surface area contributed by atoms with E-state index in [1.165, 1.54) is 12.1 Å². The molecule has 0 aliphatic carbocycles. The lowest BCUT2D eigenvalue weighted by molar-refractivity contribution is 0.161. The van der Waals surface area contributed by atoms with Crippen LogP contribution in [0.25, 0.3) is 0 Å². The number of carbonyl (C=O) groups excluding carboxylic acids is 1. The predicted molar refractivity (Wildman–Crippen MR) is 62.8 cm³/mol. The Morgan fingerprint density at radius 3 is 2.94 bits per heavy atom. The molecule has 0 aliphatic heterocycles. The van der Waals surface area contributed by atoms with Gasteiger partial charge in [-0.2, -0.15) is 5.26 Å². The summed E-state index contributed by atoms with van der Waals surface area (Å²) in [5, 5.41) is 11.4. The SMILES string of the molecule is N#Cc1ccc(NCCOC(N)=O)c(F)c1Br. The van der Waals surface area contributed by atoms with Crippen molar-refractivity contribution in [2.75, 3.05) is 18.5 Å². The van der Waals surface area contributed by atoms with Gasteiger partial charge in [0.05, 0.1) is 15.7 Å². The van der Waals surface area contributed by atoms with Crippen molar-refractivity contribution in [2.45, 2.75) is 0 Å². The second-order valence-corrected chi connectivity index (χ2v) is 3.79. The highest BCUT2D eigenvalue weighted by atomic mass is 79.9. The fourth-order valence-electron chi connectivity index (χ4n) is 1.11. The van der Waals surface area contributed by atoms with Crippen LogP contribution in [-0.2, 0) is 4.74 Å². The van der Waals surface area contributed by atoms with Gasteiger partial charge in [-0.15, -0.1) is 0 Å². The topological polar surface area (TPSA) is 88.1 Å². The summed E-state index contributed by atoms with van der Waals surface area (Å²) in [4.78, 5) is 10.3. The van der Waals surface area contributed by atoms with Gasteiger partial charge in [0.15, 0.2) is 5.82 Å². The number of nitrogens with one attached hydrogen (secondary N) is 1. The Morgan fingerprint density at radius 1 is 1.65 bits per heavy atom. The van der Waals surface area contributed by atoms with Crippen LogP contribution in [0.2, 0.25) is 0 Å². The lowest BCUT2D eigenvalue weighted by atomic mass is 10.2. The van der Waals surface area contributed by atoms with Crippen molar-refractivity contribution in [3.63, 3.8) is 0 Å². The molecule has 3 N–H and O–H groups in total. The van der Waals surface area contributed by atoms with Crippen molar-refractivity contribution >= 4 is 27.7 Å². The standard InChI is InChI=1S/C10H9BrFN3O2/c11-8-6(5-13)1-2-7(9(8)12)15-3-4-17-10(14)16/h1-2,15H,3-4H2,(H2,14,16). The minimum atomic E-state index is -0.881. The van der Waals surface area contributed by atoms with Gasteiger partial charge < -0.3 is 15.8 Å². The number of nitrogens with zero attached hydrogens (tertiary/aromatic N) is 1. The first-order valence-electron chi connectivity index (χ1n) is 4.60. The third kappa shape index (κ3) is 3.60. The zero-order valence-corrected chi connectivity index (χ0v) is 10.3. The minimum Gasteiger partial charge on any atom is -0.448 e. The van der Waals surface area contributed by atoms with Crippen LogP contribution in [0, 0.1) is 17.1 Å². The molecule has 1 amide bonds. The number of primary amides is 1. The molecule has 0 atom stereocenters. The number of nitrogens with two attached hydrogens (primary N) is 1. The number of hydrogen-bond donors (Lipinski definition) is 2. The molecule has 7 heteroatoms. The van der Waals surface area contributed by atoms with E-state index in [1.54, 1.807) is 0 Å². The van der Waals surface area contributed by atoms with E-state index in [2.05, 4.69) is 26.0 Å². The average Bonchev–Trinajstić information content (AvgIpc) is 2.29. The van der Waals surface area contributed by atoms with Gasteiger partial charge in [-0.1, -0.05) is 0 Å². The highest BCUT2D eigenvalue weighted by Gasteiger charge is 2.10. The van der Waals surface area contributed by atoms with Gasteiger partial charge in [-0.05, 0) is 28.1 Å². The first kappa shape index (κ1) is 13.3. The van der Waals surface area contributed by atoms with Crippen LogP contribution in [0.5, 0.6) is 0 Å². The summed E-state index contributed by atoms with van der Waals surface area (Å²) in [5.41, 5.74) is 5.18. The lowest BCUT2D eigenvalue weighted by Gasteiger charge is -2.09. The Bertz CT molecular complexity index is 473. The van der Waals surface area contributed by atoms with E-state index in [0.717, 1.165) is 0 Å². The maximum Gasteiger partial charge on any atom is 0.404 e. The predicted octanol–water partition coefficient (Wildman–Crippen LogP) is 1.97. The fraction of sp³-hybridized carbons (Fsp3) is 0.200. The van der Waals surface area contributed by atoms with Crippen molar-refractivity contribution in [3.8, 4) is 6.07 Å². The fourth-order valence-corrected chi connectivity index (χ4v) is 1.54. The number of hydrogen-bond acceptors (Lipinski definition) is 4. The minimum absolute atomic E-state index is 0.0341. The van der Waals surface area contributed by atoms with E-state index in [4.69, 9.17) is 11.0 Å². The maximum atomic E-state index is 13.6. The number of ether oxygens (including phenoxy) is 1. The summed E-state index contributed by atoms with van der Waals surface area (Å²) < 4.78 is 18.2. The van der Waals surface area contributed by atoms with Crippen molar-refractivity contribution in [1.82, 2.24) is 0 Å². The van der Waals surface area contributed by atoms with E-state index in [-0.39, 0.29) is 28.9 Å². The van der Waals surface area contributed by atoms with Crippen LogP contribution >= 0.6 is 15.9 Å². The van der Waals surface area contributed by atoms with E-state index < -0.39 is 11.9 Å². The largest absolute Gasteiger partial charge is 0.448 e. The number of rotatable bonds is 4. The molecule has 90 valence electrons. The van der Waals surface area contributed by atoms with Crippen molar-refractivity contribution in [2.24, 2.45) is 5.73 Å². The maximum absolute atomic E-state index is 13.6. The molecule has 1 rings (SSSR count). The van der Waals surface area contributed by atoms with Gasteiger partial charge in [-0.3, -0.25) is 0 Å². The molecule has 0 radical (unpaired) electrons. The van der Waals surface area contributed by atoms with E-state index in [9.17, 15) is 9.18 Å². The molecule has 0 bridgehead atoms. The number of anilines is 1. The van der Waals surface area contributed by atoms with E-state index >= 15 is 0 Å². The molecule has 0 aliphatic rings. The number of amides is 1. The Balaban J connectivity index is 2.64. The molecule has 0 fully saturated rings. The summed E-state index contributed by atoms with van der Waals surface area (Å²) in [5.74, 6) is -0.567. The van der Waals surface area contributed by atoms with Crippen LogP contribution in [0.3, 0.4) is 0 Å². The highest BCUT2D eigenvalue weighted by Crippen LogP contribution is 2.26. The van der Waals surface area contributed by atoms with Crippen molar-refractivity contribution < 1.29 is 13.9 Å². The molecule has 5 nitrogen and oxygen atoms in total. The first-order valence-corrected chi connectivity index (χ1v) is 5.39. The van der Waals surface area contributed by atoms with E-state index in [1.807, 2.05) is 6.07 Å². The van der Waals surface area contributed by atoms with Gasteiger partial charge in [0.2, 0.25) is 0 Å². The Kier molecular flexibility index (Phi) is 4.72. The van der Waals surface area contributed by atoms with Crippen molar-refractivity contribution in [3.05, 3.63) is 28.0 Å². The second kappa shape index (κ2) is 6.06. The second-order valence-electron chi connectivity index (χ2n) is 2.99. The Hall–Kier alpha value is -1.81. The smallest absolute Gasteiger partial charge is 0.404 e. The van der Waals surface area contributed by atoms with Crippen LogP contribution in [-0.4, -0.2) is 19.2 Å². The zero-order chi connectivity index (χ0) is 12.8. The molecule has 17 heavy (non-hydrogen) atoms. The number of halogens is 2. The van der Waals surface area contributed by atoms with Gasteiger partial charge >= 0.3 is 6.09 Å². The summed E-state index contributed by atoms with van der Waals surface area (Å²) in [6, 6.07) is 4.76. The summed E-state index contributed by atoms with van der Waals surface area (Å²) in [7, 11) is 0. The van der Waals surface area contributed by atoms with Gasteiger partial charge in [0.1, 0.15) is 12.7 Å². The van der Waals surface area contributed by atoms with E-state index in [0.29, 0.717) is 0 Å². The van der Waals surface area contributed by atoms with Crippen molar-refractivity contribution in [1.29, 1.82) is 5.26 Å². The Morgan fingerprint density at radius 2 is 2.35 bits per heavy atom. The van der Waals surface area contributed by atoms with Crippen LogP contribution < -0.4 is 11.1 Å². The molecular weight excluding hydrogens is 293 g/mol. The molecule has 0 aromatic heterocycles. The third-order valence-electron chi connectivity index (χ3n) is 1.86. The number of nitriles is 1. The van der Waals surface area contributed by atoms with Gasteiger partial charge in [0, 0.05) is 6.54 Å². The molecule has 0 heterocycles. The molecule has 1 aromatic rings. The summed E-state index contributed by atoms with van der Waals surface area (Å²) in [6.45, 7) is 0.255. The molecule has 0 saturated heterocycles. The molecule has 1 aromatic carbocycles. The quantitative estimate of drug-likeness (QED) is 0.832. The monoisotopic (exact) mass is 301 g/mol. The van der Waals surface area contributed by atoms with Crippen LogP contribution in [0.1, 0.15) is 5.56 Å². The number of benzene rings is 1. The van der Waals surface area contributed by atoms with Gasteiger partial charge in [-0.25, -0.2) is 9.18 Å². The molecule has 0 spiro atoms. The van der Waals surface area contributed by atoms with Crippen LogP contribution in [0.4, 0.5) is 14.9 Å². The summed E-state index contributed by atoms with van der Waals surface area (Å²) >= 11 is 2.98. The third-order valence-corrected chi connectivity index (χ3v) is 2.64. The van der Waals surface area contributed by atoms with Crippen LogP contribution in [0.15, 0.2) is 16.6 Å². The Labute approximate surface area is 105 Å². The first-order chi connectivity index (χ1) is 8.06. The zero-order valence-electron chi connectivity index (χ0n) is 8.67. The lowest BCUT2D eigenvalue weighted by Crippen LogP contribution is -2.18. The van der Waals surface area contributed by atoms with Gasteiger partial charge in [0.25, 0.3) is 0 Å².